The number of hydrogen-bond acceptors (Lipinski definition) is 3. The second kappa shape index (κ2) is 6.90. The van der Waals surface area contributed by atoms with Crippen molar-refractivity contribution in [2.75, 3.05) is 24.5 Å². The maximum atomic E-state index is 12.4. The number of carbonyl (C=O) groups is 3. The second-order valence-electron chi connectivity index (χ2n) is 6.20. The molecule has 3 N–H and O–H groups in total. The number of benzene rings is 1. The first-order valence-corrected chi connectivity index (χ1v) is 8.31. The predicted octanol–water partition coefficient (Wildman–Crippen LogP) is 0.923. The largest absolute Gasteiger partial charge is 0.354 e. The molecular formula is C17H22N4O3. The summed E-state index contributed by atoms with van der Waals surface area (Å²) in [5, 5.41) is 8.38. The molecule has 3 rings (SSSR count). The number of rotatable bonds is 3. The molecule has 4 amide bonds. The average molecular weight is 330 g/mol. The van der Waals surface area contributed by atoms with Crippen molar-refractivity contribution in [3.8, 4) is 0 Å². The summed E-state index contributed by atoms with van der Waals surface area (Å²) >= 11 is 0. The van der Waals surface area contributed by atoms with Gasteiger partial charge in [0.05, 0.1) is 0 Å². The fraction of sp³-hybridized carbons (Fsp3) is 0.471. The molecule has 1 atom stereocenters. The number of anilines is 1. The van der Waals surface area contributed by atoms with Gasteiger partial charge < -0.3 is 16.0 Å². The van der Waals surface area contributed by atoms with Crippen molar-refractivity contribution in [3.05, 3.63) is 29.3 Å². The van der Waals surface area contributed by atoms with Gasteiger partial charge in [0.1, 0.15) is 6.04 Å². The minimum absolute atomic E-state index is 0.120. The number of urea groups is 1. The van der Waals surface area contributed by atoms with Gasteiger partial charge in [-0.3, -0.25) is 14.5 Å². The van der Waals surface area contributed by atoms with Gasteiger partial charge in [-0.1, -0.05) is 0 Å². The van der Waals surface area contributed by atoms with Gasteiger partial charge in [0.15, 0.2) is 0 Å². The van der Waals surface area contributed by atoms with E-state index in [4.69, 9.17) is 0 Å². The van der Waals surface area contributed by atoms with E-state index in [0.29, 0.717) is 31.6 Å². The normalized spacial score (nSPS) is 21.0. The first-order valence-electron chi connectivity index (χ1n) is 8.31. The van der Waals surface area contributed by atoms with Gasteiger partial charge in [-0.25, -0.2) is 4.79 Å². The lowest BCUT2D eigenvalue weighted by Gasteiger charge is -2.19. The maximum Gasteiger partial charge on any atom is 0.322 e. The molecule has 1 aromatic rings. The molecular weight excluding hydrogens is 308 g/mol. The smallest absolute Gasteiger partial charge is 0.322 e. The first-order chi connectivity index (χ1) is 11.6. The molecule has 0 bridgehead atoms. The molecule has 0 radical (unpaired) electrons. The summed E-state index contributed by atoms with van der Waals surface area (Å²) in [7, 11) is 0. The van der Waals surface area contributed by atoms with E-state index in [1.807, 2.05) is 6.92 Å². The molecule has 2 saturated heterocycles. The van der Waals surface area contributed by atoms with Crippen LogP contribution in [0.25, 0.3) is 0 Å². The van der Waals surface area contributed by atoms with Crippen LogP contribution in [0.4, 0.5) is 10.5 Å². The Morgan fingerprint density at radius 3 is 2.75 bits per heavy atom. The highest BCUT2D eigenvalue weighted by atomic mass is 16.2. The Morgan fingerprint density at radius 1 is 1.21 bits per heavy atom. The quantitative estimate of drug-likeness (QED) is 0.770. The van der Waals surface area contributed by atoms with E-state index in [-0.39, 0.29) is 17.8 Å². The van der Waals surface area contributed by atoms with Crippen LogP contribution >= 0.6 is 0 Å². The van der Waals surface area contributed by atoms with Gasteiger partial charge in [-0.05, 0) is 49.9 Å². The van der Waals surface area contributed by atoms with E-state index in [9.17, 15) is 14.4 Å². The van der Waals surface area contributed by atoms with Crippen LogP contribution in [0.1, 0.15) is 35.2 Å². The zero-order valence-electron chi connectivity index (χ0n) is 13.7. The van der Waals surface area contributed by atoms with Crippen LogP contribution in [-0.2, 0) is 4.79 Å². The first kappa shape index (κ1) is 16.3. The summed E-state index contributed by atoms with van der Waals surface area (Å²) in [6, 6.07) is 4.63. The van der Waals surface area contributed by atoms with Gasteiger partial charge in [-0.15, -0.1) is 0 Å². The van der Waals surface area contributed by atoms with Crippen molar-refractivity contribution < 1.29 is 14.4 Å². The summed E-state index contributed by atoms with van der Waals surface area (Å²) in [6.07, 6.45) is 2.50. The Balaban J connectivity index is 1.72. The summed E-state index contributed by atoms with van der Waals surface area (Å²) in [5.41, 5.74) is 2.15. The molecule has 2 heterocycles. The molecule has 2 aliphatic rings. The summed E-state index contributed by atoms with van der Waals surface area (Å²) in [5.74, 6) is -0.388. The third-order valence-electron chi connectivity index (χ3n) is 4.45. The number of nitrogens with zero attached hydrogens (tertiary/aromatic N) is 1. The molecule has 7 nitrogen and oxygen atoms in total. The van der Waals surface area contributed by atoms with Crippen molar-refractivity contribution >= 4 is 23.5 Å². The molecule has 0 aliphatic carbocycles. The van der Waals surface area contributed by atoms with E-state index in [2.05, 4.69) is 16.0 Å². The molecule has 0 saturated carbocycles. The topological polar surface area (TPSA) is 90.5 Å². The molecule has 0 spiro atoms. The molecule has 2 aliphatic heterocycles. The van der Waals surface area contributed by atoms with E-state index >= 15 is 0 Å². The lowest BCUT2D eigenvalue weighted by molar-refractivity contribution is -0.122. The van der Waals surface area contributed by atoms with E-state index in [0.717, 1.165) is 24.1 Å². The van der Waals surface area contributed by atoms with Crippen LogP contribution in [0.2, 0.25) is 0 Å². The Bertz CT molecular complexity index is 674. The summed E-state index contributed by atoms with van der Waals surface area (Å²) in [6.45, 7) is 3.78. The third kappa shape index (κ3) is 3.34. The highest BCUT2D eigenvalue weighted by Crippen LogP contribution is 2.23. The predicted molar refractivity (Wildman–Crippen MR) is 90.0 cm³/mol. The van der Waals surface area contributed by atoms with Crippen LogP contribution in [0.15, 0.2) is 18.2 Å². The van der Waals surface area contributed by atoms with Gasteiger partial charge in [-0.2, -0.15) is 0 Å². The van der Waals surface area contributed by atoms with Gasteiger partial charge >= 0.3 is 6.03 Å². The molecule has 128 valence electrons. The number of nitrogens with one attached hydrogen (secondary N) is 3. The molecule has 0 unspecified atom stereocenters. The fourth-order valence-corrected chi connectivity index (χ4v) is 3.12. The van der Waals surface area contributed by atoms with Crippen LogP contribution in [0.5, 0.6) is 0 Å². The zero-order valence-corrected chi connectivity index (χ0v) is 13.7. The monoisotopic (exact) mass is 330 g/mol. The van der Waals surface area contributed by atoms with Crippen LogP contribution < -0.4 is 20.9 Å². The van der Waals surface area contributed by atoms with Crippen molar-refractivity contribution in [1.82, 2.24) is 16.0 Å². The number of aryl methyl sites for hydroxylation is 1. The van der Waals surface area contributed by atoms with Crippen molar-refractivity contribution in [1.29, 1.82) is 0 Å². The van der Waals surface area contributed by atoms with E-state index in [1.54, 1.807) is 23.1 Å². The lowest BCUT2D eigenvalue weighted by Crippen LogP contribution is -2.45. The third-order valence-corrected chi connectivity index (χ3v) is 4.45. The molecule has 7 heteroatoms. The summed E-state index contributed by atoms with van der Waals surface area (Å²) in [4.78, 5) is 37.8. The van der Waals surface area contributed by atoms with E-state index in [1.165, 1.54) is 0 Å². The highest BCUT2D eigenvalue weighted by Gasteiger charge is 2.25. The standard InChI is InChI=1S/C17H22N4O3/c1-11-10-12(5-6-14(11)21-9-8-19-17(21)24)15(22)20-13-4-2-3-7-18-16(13)23/h5-6,10,13H,2-4,7-9H2,1H3,(H,18,23)(H,19,24)(H,20,22)/t13-/m1/s1. The Labute approximate surface area is 140 Å². The van der Waals surface area contributed by atoms with Crippen molar-refractivity contribution in [3.63, 3.8) is 0 Å². The number of amides is 4. The number of carbonyl (C=O) groups excluding carboxylic acids is 3. The fourth-order valence-electron chi connectivity index (χ4n) is 3.12. The summed E-state index contributed by atoms with van der Waals surface area (Å²) < 4.78 is 0. The molecule has 2 fully saturated rings. The second-order valence-corrected chi connectivity index (χ2v) is 6.20. The van der Waals surface area contributed by atoms with Crippen LogP contribution in [-0.4, -0.2) is 43.5 Å². The average Bonchev–Trinajstić information content (AvgIpc) is 2.88. The Morgan fingerprint density at radius 2 is 2.04 bits per heavy atom. The molecule has 24 heavy (non-hydrogen) atoms. The zero-order chi connectivity index (χ0) is 17.1. The van der Waals surface area contributed by atoms with Crippen LogP contribution in [0, 0.1) is 6.92 Å². The van der Waals surface area contributed by atoms with Gasteiger partial charge in [0, 0.05) is 30.9 Å². The molecule has 0 aromatic heterocycles. The Kier molecular flexibility index (Phi) is 4.69. The van der Waals surface area contributed by atoms with Gasteiger partial charge in [0.25, 0.3) is 5.91 Å². The molecule has 1 aromatic carbocycles. The minimum atomic E-state index is -0.482. The van der Waals surface area contributed by atoms with Crippen LogP contribution in [0.3, 0.4) is 0 Å². The van der Waals surface area contributed by atoms with Gasteiger partial charge in [0.2, 0.25) is 5.91 Å². The van der Waals surface area contributed by atoms with Crippen molar-refractivity contribution in [2.45, 2.75) is 32.2 Å². The maximum absolute atomic E-state index is 12.4. The number of hydrogen-bond donors (Lipinski definition) is 3. The Hall–Kier alpha value is -2.57. The minimum Gasteiger partial charge on any atom is -0.354 e. The SMILES string of the molecule is Cc1cc(C(=O)N[C@@H]2CCCCNC2=O)ccc1N1CCNC1=O. The highest BCUT2D eigenvalue weighted by molar-refractivity contribution is 5.99. The van der Waals surface area contributed by atoms with Crippen molar-refractivity contribution in [2.24, 2.45) is 0 Å². The lowest BCUT2D eigenvalue weighted by atomic mass is 10.1. The van der Waals surface area contributed by atoms with E-state index < -0.39 is 6.04 Å².